The van der Waals surface area contributed by atoms with E-state index in [1.54, 1.807) is 0 Å². The fraction of sp³-hybridized carbons (Fsp3) is 0.643. The molecule has 0 aromatic carbocycles. The van der Waals surface area contributed by atoms with Gasteiger partial charge in [0.15, 0.2) is 0 Å². The lowest BCUT2D eigenvalue weighted by Crippen LogP contribution is -2.29. The van der Waals surface area contributed by atoms with E-state index in [-0.39, 0.29) is 0 Å². The van der Waals surface area contributed by atoms with Crippen LogP contribution in [0.4, 0.5) is 5.82 Å². The van der Waals surface area contributed by atoms with E-state index in [9.17, 15) is 0 Å². The van der Waals surface area contributed by atoms with Gasteiger partial charge < -0.3 is 5.32 Å². The number of hydrogen-bond donors (Lipinski definition) is 1. The first-order chi connectivity index (χ1) is 8.67. The van der Waals surface area contributed by atoms with Gasteiger partial charge in [-0.3, -0.25) is 4.90 Å². The van der Waals surface area contributed by atoms with Crippen LogP contribution < -0.4 is 5.32 Å². The van der Waals surface area contributed by atoms with E-state index >= 15 is 0 Å². The number of nitrogens with zero attached hydrogens (tertiary/aromatic N) is 2. The molecule has 0 aliphatic rings. The smallest absolute Gasteiger partial charge is 0.125 e. The normalized spacial score (nSPS) is 12.7. The van der Waals surface area contributed by atoms with Gasteiger partial charge in [0.25, 0.3) is 0 Å². The second-order valence-corrected chi connectivity index (χ2v) is 5.61. The molecule has 3 nitrogen and oxygen atoms in total. The van der Waals surface area contributed by atoms with Crippen molar-refractivity contribution in [3.05, 3.63) is 23.9 Å². The van der Waals surface area contributed by atoms with Crippen LogP contribution in [-0.4, -0.2) is 41.5 Å². The zero-order valence-electron chi connectivity index (χ0n) is 11.9. The zero-order valence-corrected chi connectivity index (χ0v) is 12.8. The summed E-state index contributed by atoms with van der Waals surface area (Å²) in [6.07, 6.45) is 5.37. The molecular formula is C14H25N3S. The number of anilines is 1. The molecule has 0 aliphatic heterocycles. The Morgan fingerprint density at radius 1 is 1.44 bits per heavy atom. The Balaban J connectivity index is 2.45. The van der Waals surface area contributed by atoms with Gasteiger partial charge in [-0.15, -0.1) is 0 Å². The molecule has 0 saturated carbocycles. The fourth-order valence-electron chi connectivity index (χ4n) is 1.76. The van der Waals surface area contributed by atoms with E-state index in [0.29, 0.717) is 6.04 Å². The van der Waals surface area contributed by atoms with Crippen molar-refractivity contribution in [1.82, 2.24) is 9.88 Å². The maximum Gasteiger partial charge on any atom is 0.125 e. The lowest BCUT2D eigenvalue weighted by atomic mass is 10.2. The summed E-state index contributed by atoms with van der Waals surface area (Å²) in [4.78, 5) is 6.79. The largest absolute Gasteiger partial charge is 0.370 e. The highest BCUT2D eigenvalue weighted by Crippen LogP contribution is 2.11. The highest BCUT2D eigenvalue weighted by molar-refractivity contribution is 7.98. The molecule has 4 heteroatoms. The summed E-state index contributed by atoms with van der Waals surface area (Å²) < 4.78 is 0. The number of nitrogens with one attached hydrogen (secondary N) is 1. The van der Waals surface area contributed by atoms with Crippen molar-refractivity contribution in [2.75, 3.05) is 30.9 Å². The minimum Gasteiger partial charge on any atom is -0.370 e. The number of pyridine rings is 1. The number of aromatic nitrogens is 1. The molecule has 1 heterocycles. The van der Waals surface area contributed by atoms with E-state index in [4.69, 9.17) is 0 Å². The lowest BCUT2D eigenvalue weighted by molar-refractivity contribution is 0.245. The molecule has 1 atom stereocenters. The molecule has 0 bridgehead atoms. The maximum absolute atomic E-state index is 4.40. The third-order valence-electron chi connectivity index (χ3n) is 3.11. The third-order valence-corrected chi connectivity index (χ3v) is 3.75. The predicted molar refractivity (Wildman–Crippen MR) is 82.3 cm³/mol. The average molecular weight is 267 g/mol. The zero-order chi connectivity index (χ0) is 13.4. The molecule has 1 rings (SSSR count). The molecule has 18 heavy (non-hydrogen) atoms. The molecule has 0 fully saturated rings. The number of hydrogen-bond acceptors (Lipinski definition) is 4. The molecule has 1 N–H and O–H groups in total. The van der Waals surface area contributed by atoms with Gasteiger partial charge in [-0.05, 0) is 51.0 Å². The van der Waals surface area contributed by atoms with E-state index in [2.05, 4.69) is 54.5 Å². The summed E-state index contributed by atoms with van der Waals surface area (Å²) in [5.74, 6) is 2.18. The summed E-state index contributed by atoms with van der Waals surface area (Å²) in [6.45, 7) is 6.25. The van der Waals surface area contributed by atoms with Crippen LogP contribution in [0.5, 0.6) is 0 Å². The van der Waals surface area contributed by atoms with Gasteiger partial charge in [0.1, 0.15) is 5.82 Å². The summed E-state index contributed by atoms with van der Waals surface area (Å²) in [5.41, 5.74) is 1.27. The van der Waals surface area contributed by atoms with Gasteiger partial charge in [0.05, 0.1) is 0 Å². The molecule has 0 saturated heterocycles. The van der Waals surface area contributed by atoms with Crippen LogP contribution in [0.3, 0.4) is 0 Å². The number of thioether (sulfide) groups is 1. The summed E-state index contributed by atoms with van der Waals surface area (Å²) in [5, 5.41) is 3.21. The van der Waals surface area contributed by atoms with Gasteiger partial charge in [-0.2, -0.15) is 11.8 Å². The Morgan fingerprint density at radius 2 is 2.22 bits per heavy atom. The molecule has 0 aliphatic carbocycles. The van der Waals surface area contributed by atoms with Crippen LogP contribution >= 0.6 is 11.8 Å². The monoisotopic (exact) mass is 267 g/mol. The van der Waals surface area contributed by atoms with Crippen LogP contribution in [0, 0.1) is 0 Å². The van der Waals surface area contributed by atoms with Crippen molar-refractivity contribution >= 4 is 17.6 Å². The lowest BCUT2D eigenvalue weighted by Gasteiger charge is -2.24. The summed E-state index contributed by atoms with van der Waals surface area (Å²) in [7, 11) is 2.18. The van der Waals surface area contributed by atoms with Crippen molar-refractivity contribution in [2.24, 2.45) is 0 Å². The second-order valence-electron chi connectivity index (χ2n) is 4.63. The Morgan fingerprint density at radius 3 is 2.78 bits per heavy atom. The average Bonchev–Trinajstić information content (AvgIpc) is 2.38. The first kappa shape index (κ1) is 15.3. The molecule has 102 valence electrons. The number of rotatable bonds is 8. The standard InChI is InChI=1S/C14H25N3S/c1-5-15-14-7-6-13(10-16-14)11-17(3)12(2)8-9-18-4/h6-7,10,12H,5,8-9,11H2,1-4H3,(H,15,16). The van der Waals surface area contributed by atoms with Crippen LogP contribution in [0.25, 0.3) is 0 Å². The fourth-order valence-corrected chi connectivity index (χ4v) is 2.33. The Labute approximate surface area is 115 Å². The molecule has 0 amide bonds. The van der Waals surface area contributed by atoms with Gasteiger partial charge in [0.2, 0.25) is 0 Å². The van der Waals surface area contributed by atoms with E-state index in [1.807, 2.05) is 18.0 Å². The molecule has 1 unspecified atom stereocenters. The summed E-state index contributed by atoms with van der Waals surface area (Å²) in [6, 6.07) is 4.83. The highest BCUT2D eigenvalue weighted by atomic mass is 32.2. The Kier molecular flexibility index (Phi) is 7.13. The van der Waals surface area contributed by atoms with Crippen LogP contribution in [0.1, 0.15) is 25.8 Å². The Hall–Kier alpha value is -0.740. The van der Waals surface area contributed by atoms with Gasteiger partial charge in [0, 0.05) is 25.3 Å². The van der Waals surface area contributed by atoms with Crippen LogP contribution in [-0.2, 0) is 6.54 Å². The van der Waals surface area contributed by atoms with Crippen molar-refractivity contribution in [1.29, 1.82) is 0 Å². The van der Waals surface area contributed by atoms with E-state index in [0.717, 1.165) is 18.9 Å². The molecular weight excluding hydrogens is 242 g/mol. The summed E-state index contributed by atoms with van der Waals surface area (Å²) >= 11 is 1.91. The van der Waals surface area contributed by atoms with Gasteiger partial charge in [-0.1, -0.05) is 6.07 Å². The topological polar surface area (TPSA) is 28.2 Å². The van der Waals surface area contributed by atoms with Crippen molar-refractivity contribution < 1.29 is 0 Å². The van der Waals surface area contributed by atoms with Crippen LogP contribution in [0.2, 0.25) is 0 Å². The molecule has 0 radical (unpaired) electrons. The molecule has 1 aromatic rings. The van der Waals surface area contributed by atoms with Crippen molar-refractivity contribution in [3.63, 3.8) is 0 Å². The van der Waals surface area contributed by atoms with Crippen molar-refractivity contribution in [2.45, 2.75) is 32.9 Å². The molecule has 1 aromatic heterocycles. The highest BCUT2D eigenvalue weighted by Gasteiger charge is 2.09. The first-order valence-electron chi connectivity index (χ1n) is 6.55. The van der Waals surface area contributed by atoms with E-state index in [1.165, 1.54) is 17.7 Å². The minimum absolute atomic E-state index is 0.617. The van der Waals surface area contributed by atoms with Gasteiger partial charge in [-0.25, -0.2) is 4.98 Å². The maximum atomic E-state index is 4.40. The Bertz CT molecular complexity index is 326. The predicted octanol–water partition coefficient (Wildman–Crippen LogP) is 3.09. The second kappa shape index (κ2) is 8.38. The van der Waals surface area contributed by atoms with Crippen molar-refractivity contribution in [3.8, 4) is 0 Å². The minimum atomic E-state index is 0.617. The van der Waals surface area contributed by atoms with Crippen LogP contribution in [0.15, 0.2) is 18.3 Å². The quantitative estimate of drug-likeness (QED) is 0.783. The first-order valence-corrected chi connectivity index (χ1v) is 7.94. The van der Waals surface area contributed by atoms with Gasteiger partial charge >= 0.3 is 0 Å². The van der Waals surface area contributed by atoms with E-state index < -0.39 is 0 Å². The third kappa shape index (κ3) is 5.27. The SMILES string of the molecule is CCNc1ccc(CN(C)C(C)CCSC)cn1. The molecule has 0 spiro atoms.